The molecule has 0 radical (unpaired) electrons. The van der Waals surface area contributed by atoms with Crippen molar-refractivity contribution < 1.29 is 14.3 Å². The Labute approximate surface area is 254 Å². The zero-order valence-electron chi connectivity index (χ0n) is 23.7. The minimum atomic E-state index is -0.325. The van der Waals surface area contributed by atoms with E-state index >= 15 is 0 Å². The van der Waals surface area contributed by atoms with Crippen LogP contribution in [0.1, 0.15) is 50.1 Å². The molecule has 8 nitrogen and oxygen atoms in total. The first kappa shape index (κ1) is 28.2. The Bertz CT molecular complexity index is 1480. The number of rotatable bonds is 7. The van der Waals surface area contributed by atoms with Crippen molar-refractivity contribution in [1.29, 1.82) is 0 Å². The third-order valence-corrected chi connectivity index (χ3v) is 9.45. The highest BCUT2D eigenvalue weighted by Crippen LogP contribution is 2.45. The Hall–Kier alpha value is -2.95. The zero-order valence-corrected chi connectivity index (χ0v) is 26.1. The number of thiocarbonyl (C=S) groups is 1. The summed E-state index contributed by atoms with van der Waals surface area (Å²) < 4.78 is 7.11. The number of ether oxygens (including phenoxy) is 1. The summed E-state index contributed by atoms with van der Waals surface area (Å²) >= 11 is 9.55. The molecule has 1 N–H and O–H groups in total. The van der Waals surface area contributed by atoms with Crippen molar-refractivity contribution in [3.8, 4) is 5.75 Å². The molecule has 3 aromatic rings. The van der Waals surface area contributed by atoms with Gasteiger partial charge in [0.2, 0.25) is 5.91 Å². The third kappa shape index (κ3) is 5.26. The average molecular weight is 639 g/mol. The number of hydrogen-bond donors (Lipinski definition) is 1. The van der Waals surface area contributed by atoms with Gasteiger partial charge in [-0.25, -0.2) is 0 Å². The highest BCUT2D eigenvalue weighted by molar-refractivity contribution is 9.10. The van der Waals surface area contributed by atoms with Gasteiger partial charge < -0.3 is 19.5 Å². The van der Waals surface area contributed by atoms with Gasteiger partial charge in [-0.1, -0.05) is 28.1 Å². The van der Waals surface area contributed by atoms with Crippen LogP contribution in [0.25, 0.3) is 10.9 Å². The molecule has 0 bridgehead atoms. The number of piperazine rings is 1. The fourth-order valence-corrected chi connectivity index (χ4v) is 7.34. The minimum Gasteiger partial charge on any atom is -0.494 e. The summed E-state index contributed by atoms with van der Waals surface area (Å²) in [7, 11) is 0. The van der Waals surface area contributed by atoms with Crippen LogP contribution in [-0.4, -0.2) is 92.9 Å². The molecule has 10 heteroatoms. The molecule has 0 saturated carbocycles. The van der Waals surface area contributed by atoms with Gasteiger partial charge in [-0.2, -0.15) is 0 Å². The van der Waals surface area contributed by atoms with Crippen LogP contribution in [0, 0.1) is 0 Å². The van der Waals surface area contributed by atoms with Gasteiger partial charge in [-0.05, 0) is 73.9 Å². The number of aromatic amines is 1. The van der Waals surface area contributed by atoms with Crippen molar-refractivity contribution >= 4 is 56.0 Å². The normalized spacial score (nSPS) is 21.1. The monoisotopic (exact) mass is 637 g/mol. The maximum Gasteiger partial charge on any atom is 0.252 e. The molecule has 216 valence electrons. The van der Waals surface area contributed by atoms with Gasteiger partial charge in [0.15, 0.2) is 5.11 Å². The van der Waals surface area contributed by atoms with Crippen molar-refractivity contribution in [2.24, 2.45) is 0 Å². The van der Waals surface area contributed by atoms with E-state index in [1.807, 2.05) is 36.9 Å². The van der Waals surface area contributed by atoms with Crippen molar-refractivity contribution in [3.63, 3.8) is 0 Å². The van der Waals surface area contributed by atoms with E-state index in [1.54, 1.807) is 11.8 Å². The van der Waals surface area contributed by atoms with Crippen LogP contribution in [0.4, 0.5) is 0 Å². The molecule has 4 heterocycles. The lowest BCUT2D eigenvalue weighted by atomic mass is 9.89. The number of carbonyl (C=O) groups is 2. The van der Waals surface area contributed by atoms with Crippen LogP contribution in [0.15, 0.2) is 46.9 Å². The highest BCUT2D eigenvalue weighted by Gasteiger charge is 2.51. The van der Waals surface area contributed by atoms with E-state index in [-0.39, 0.29) is 29.9 Å². The molecule has 3 aliphatic rings. The number of halogens is 1. The Morgan fingerprint density at radius 2 is 1.85 bits per heavy atom. The van der Waals surface area contributed by atoms with Crippen molar-refractivity contribution in [1.82, 2.24) is 24.6 Å². The maximum absolute atomic E-state index is 13.6. The molecular weight excluding hydrogens is 602 g/mol. The number of amides is 2. The van der Waals surface area contributed by atoms with Gasteiger partial charge in [0.05, 0.1) is 12.6 Å². The van der Waals surface area contributed by atoms with Crippen LogP contribution in [0.2, 0.25) is 0 Å². The van der Waals surface area contributed by atoms with Crippen molar-refractivity contribution in [2.45, 2.75) is 51.7 Å². The smallest absolute Gasteiger partial charge is 0.252 e. The Morgan fingerprint density at radius 3 is 2.54 bits per heavy atom. The molecule has 2 saturated heterocycles. The van der Waals surface area contributed by atoms with Gasteiger partial charge in [-0.15, -0.1) is 0 Å². The molecule has 41 heavy (non-hydrogen) atoms. The van der Waals surface area contributed by atoms with Crippen LogP contribution in [0.5, 0.6) is 5.75 Å². The Balaban J connectivity index is 1.19. The number of hydrogen-bond acceptors (Lipinski definition) is 5. The lowest BCUT2D eigenvalue weighted by Crippen LogP contribution is -2.48. The highest BCUT2D eigenvalue weighted by atomic mass is 79.9. The third-order valence-electron chi connectivity index (χ3n) is 8.55. The summed E-state index contributed by atoms with van der Waals surface area (Å²) in [6.07, 6.45) is 1.55. The summed E-state index contributed by atoms with van der Waals surface area (Å²) in [5, 5.41) is 1.73. The number of carbonyl (C=O) groups excluding carboxylic acids is 2. The minimum absolute atomic E-state index is 0.000680. The summed E-state index contributed by atoms with van der Waals surface area (Å²) in [5.41, 5.74) is 4.40. The first-order valence-electron chi connectivity index (χ1n) is 14.4. The lowest BCUT2D eigenvalue weighted by Gasteiger charge is -2.37. The number of nitrogens with zero attached hydrogens (tertiary/aromatic N) is 4. The number of aromatic nitrogens is 1. The molecule has 1 aromatic heterocycles. The zero-order chi connectivity index (χ0) is 28.8. The van der Waals surface area contributed by atoms with E-state index in [1.165, 1.54) is 5.56 Å². The number of H-pyrrole nitrogens is 1. The van der Waals surface area contributed by atoms with Gasteiger partial charge in [0.25, 0.3) is 5.91 Å². The van der Waals surface area contributed by atoms with E-state index in [4.69, 9.17) is 17.0 Å². The van der Waals surface area contributed by atoms with E-state index < -0.39 is 0 Å². The Morgan fingerprint density at radius 1 is 1.12 bits per heavy atom. The number of nitrogens with one attached hydrogen (secondary N) is 1. The van der Waals surface area contributed by atoms with Crippen molar-refractivity contribution in [3.05, 3.63) is 63.8 Å². The predicted octanol–water partition coefficient (Wildman–Crippen LogP) is 4.72. The van der Waals surface area contributed by atoms with E-state index in [2.05, 4.69) is 55.0 Å². The molecule has 2 fully saturated rings. The first-order chi connectivity index (χ1) is 19.7. The SMILES string of the molecule is CC(=O)N1CCN(CCCOc2ccc(C3c4[nH]c5ccc(Br)cc5c4CC4C(=O)N(C(C)C)C(=S)N43)cc2)CC1. The molecule has 2 atom stereocenters. The molecule has 2 aromatic carbocycles. The summed E-state index contributed by atoms with van der Waals surface area (Å²) in [6.45, 7) is 10.7. The van der Waals surface area contributed by atoms with Crippen molar-refractivity contribution in [2.75, 3.05) is 39.3 Å². The molecule has 3 aliphatic heterocycles. The van der Waals surface area contributed by atoms with Gasteiger partial charge in [0, 0.05) is 73.2 Å². The van der Waals surface area contributed by atoms with Gasteiger partial charge in [-0.3, -0.25) is 19.4 Å². The molecule has 6 rings (SSSR count). The first-order valence-corrected chi connectivity index (χ1v) is 15.6. The van der Waals surface area contributed by atoms with Crippen LogP contribution in [-0.2, 0) is 16.0 Å². The summed E-state index contributed by atoms with van der Waals surface area (Å²) in [4.78, 5) is 37.0. The number of benzene rings is 2. The second kappa shape index (κ2) is 11.4. The molecule has 2 unspecified atom stereocenters. The van der Waals surface area contributed by atoms with Crippen LogP contribution >= 0.6 is 28.1 Å². The predicted molar refractivity (Wildman–Crippen MR) is 167 cm³/mol. The lowest BCUT2D eigenvalue weighted by molar-refractivity contribution is -0.131. The second-order valence-corrected chi connectivity index (χ2v) is 12.7. The van der Waals surface area contributed by atoms with E-state index in [0.29, 0.717) is 18.1 Å². The van der Waals surface area contributed by atoms with E-state index in [9.17, 15) is 9.59 Å². The second-order valence-electron chi connectivity index (χ2n) is 11.4. The van der Waals surface area contributed by atoms with Crippen LogP contribution in [0.3, 0.4) is 0 Å². The summed E-state index contributed by atoms with van der Waals surface area (Å²) in [6, 6.07) is 14.0. The maximum atomic E-state index is 13.6. The van der Waals surface area contributed by atoms with Crippen LogP contribution < -0.4 is 4.74 Å². The summed E-state index contributed by atoms with van der Waals surface area (Å²) in [5.74, 6) is 1.06. The molecule has 2 amide bonds. The fourth-order valence-electron chi connectivity index (χ4n) is 6.45. The quantitative estimate of drug-likeness (QED) is 0.299. The Kier molecular flexibility index (Phi) is 7.82. The van der Waals surface area contributed by atoms with E-state index in [0.717, 1.165) is 71.5 Å². The fraction of sp³-hybridized carbons (Fsp3) is 0.452. The molecule has 0 aliphatic carbocycles. The largest absolute Gasteiger partial charge is 0.494 e. The van der Waals surface area contributed by atoms with Gasteiger partial charge in [0.1, 0.15) is 11.8 Å². The average Bonchev–Trinajstić information content (AvgIpc) is 3.44. The topological polar surface area (TPSA) is 72.1 Å². The van der Waals surface area contributed by atoms with Gasteiger partial charge >= 0.3 is 0 Å². The number of fused-ring (bicyclic) bond motifs is 4. The molecule has 0 spiro atoms. The molecular formula is C31H36BrN5O3S. The standard InChI is InChI=1S/C31H36BrN5O3S/c1-19(2)36-30(39)27-18-25-24-17-22(32)7-10-26(24)33-28(25)29(37(27)31(36)41)21-5-8-23(9-6-21)40-16-4-11-34-12-14-35(15-13-34)20(3)38/h5-10,17,19,27,29,33H,4,11-16,18H2,1-3H3.